The van der Waals surface area contributed by atoms with E-state index in [0.717, 1.165) is 0 Å². The lowest BCUT2D eigenvalue weighted by Gasteiger charge is -2.07. The summed E-state index contributed by atoms with van der Waals surface area (Å²) >= 11 is -1.58. The lowest BCUT2D eigenvalue weighted by atomic mass is 10.5. The first-order valence-electron chi connectivity index (χ1n) is 3.28. The molecule has 3 nitrogen and oxygen atoms in total. The molecule has 0 bridgehead atoms. The fraction of sp³-hybridized carbons (Fsp3) is 1.00. The van der Waals surface area contributed by atoms with Crippen LogP contribution in [0.15, 0.2) is 0 Å². The Bertz CT molecular complexity index is 99.6. The van der Waals surface area contributed by atoms with Crippen molar-refractivity contribution in [1.29, 1.82) is 0 Å². The summed E-state index contributed by atoms with van der Waals surface area (Å²) in [7, 11) is 0. The van der Waals surface area contributed by atoms with Gasteiger partial charge in [-0.05, 0) is 27.7 Å². The van der Waals surface area contributed by atoms with Crippen molar-refractivity contribution in [2.45, 2.75) is 39.9 Å². The third-order valence-corrected chi connectivity index (χ3v) is 1.63. The summed E-state index contributed by atoms with van der Waals surface area (Å²) in [6.07, 6.45) is -0.112. The lowest BCUT2D eigenvalue weighted by molar-refractivity contribution is 0.181. The molecule has 0 rings (SSSR count). The molecule has 0 unspecified atom stereocenters. The summed E-state index contributed by atoms with van der Waals surface area (Å²) in [5.74, 6) is 0. The van der Waals surface area contributed by atoms with Crippen molar-refractivity contribution in [3.05, 3.63) is 0 Å². The molecule has 0 N–H and O–H groups in total. The van der Waals surface area contributed by atoms with Crippen molar-refractivity contribution in [3.8, 4) is 0 Å². The summed E-state index contributed by atoms with van der Waals surface area (Å²) in [5, 5.41) is 0. The van der Waals surface area contributed by atoms with Crippen LogP contribution in [0.4, 0.5) is 0 Å². The first kappa shape index (κ1) is 10.1. The van der Waals surface area contributed by atoms with Gasteiger partial charge in [0.2, 0.25) is 0 Å². The van der Waals surface area contributed by atoms with Gasteiger partial charge in [-0.2, -0.15) is 4.21 Å². The molecule has 0 aromatic rings. The molecule has 0 fully saturated rings. The van der Waals surface area contributed by atoms with E-state index in [1.54, 1.807) is 0 Å². The molecule has 0 aliphatic carbocycles. The Morgan fingerprint density at radius 3 is 1.50 bits per heavy atom. The molecule has 0 saturated carbocycles. The fourth-order valence-electron chi connectivity index (χ4n) is 0.337. The molecule has 0 atom stereocenters. The molecule has 0 aromatic heterocycles. The van der Waals surface area contributed by atoms with Crippen molar-refractivity contribution in [2.24, 2.45) is 0 Å². The van der Waals surface area contributed by atoms with Crippen LogP contribution >= 0.6 is 0 Å². The number of hydrogen-bond donors (Lipinski definition) is 0. The second-order valence-electron chi connectivity index (χ2n) is 2.49. The van der Waals surface area contributed by atoms with Gasteiger partial charge in [0.25, 0.3) is 0 Å². The van der Waals surface area contributed by atoms with Gasteiger partial charge in [-0.3, -0.25) is 8.37 Å². The minimum absolute atomic E-state index is 0.0559. The highest BCUT2D eigenvalue weighted by atomic mass is 32.2. The molecule has 0 aliphatic heterocycles. The van der Waals surface area contributed by atoms with Crippen molar-refractivity contribution in [1.82, 2.24) is 0 Å². The van der Waals surface area contributed by atoms with Gasteiger partial charge in [-0.1, -0.05) is 0 Å². The van der Waals surface area contributed by atoms with Crippen LogP contribution in [0.3, 0.4) is 0 Å². The Morgan fingerprint density at radius 1 is 1.00 bits per heavy atom. The van der Waals surface area contributed by atoms with Gasteiger partial charge >= 0.3 is 11.4 Å². The van der Waals surface area contributed by atoms with Gasteiger partial charge < -0.3 is 0 Å². The molecule has 0 radical (unpaired) electrons. The lowest BCUT2D eigenvalue weighted by Crippen LogP contribution is -2.12. The normalized spacial score (nSPS) is 11.9. The SMILES string of the molecule is CC(C)OS(=O)OC(C)C. The van der Waals surface area contributed by atoms with Gasteiger partial charge in [-0.25, -0.2) is 0 Å². The molecule has 0 saturated heterocycles. The van der Waals surface area contributed by atoms with E-state index >= 15 is 0 Å². The van der Waals surface area contributed by atoms with E-state index in [1.165, 1.54) is 0 Å². The number of rotatable bonds is 4. The van der Waals surface area contributed by atoms with E-state index in [4.69, 9.17) is 8.37 Å². The second-order valence-corrected chi connectivity index (χ2v) is 3.29. The van der Waals surface area contributed by atoms with Crippen LogP contribution in [0.5, 0.6) is 0 Å². The zero-order valence-corrected chi connectivity index (χ0v) is 7.60. The minimum atomic E-state index is -1.58. The van der Waals surface area contributed by atoms with E-state index in [1.807, 2.05) is 27.7 Å². The second kappa shape index (κ2) is 4.82. The van der Waals surface area contributed by atoms with Gasteiger partial charge in [0, 0.05) is 0 Å². The van der Waals surface area contributed by atoms with Crippen LogP contribution in [-0.4, -0.2) is 16.4 Å². The molecular formula is C6H14O3S. The maximum Gasteiger partial charge on any atom is 0.305 e. The average Bonchev–Trinajstić information content (AvgIpc) is 1.58. The van der Waals surface area contributed by atoms with Crippen LogP contribution in [0.1, 0.15) is 27.7 Å². The standard InChI is InChI=1S/C6H14O3S/c1-5(2)8-10(7)9-6(3)4/h5-6H,1-4H3. The van der Waals surface area contributed by atoms with Crippen molar-refractivity contribution in [3.63, 3.8) is 0 Å². The Balaban J connectivity index is 3.44. The first-order chi connectivity index (χ1) is 4.52. The van der Waals surface area contributed by atoms with E-state index < -0.39 is 11.4 Å². The Labute approximate surface area is 64.6 Å². The largest absolute Gasteiger partial charge is 0.305 e. The quantitative estimate of drug-likeness (QED) is 0.633. The first-order valence-corrected chi connectivity index (χ1v) is 4.28. The fourth-order valence-corrected chi connectivity index (χ4v) is 1.01. The highest BCUT2D eigenvalue weighted by Crippen LogP contribution is 1.98. The van der Waals surface area contributed by atoms with Crippen LogP contribution < -0.4 is 0 Å². The van der Waals surface area contributed by atoms with E-state index in [2.05, 4.69) is 0 Å². The average molecular weight is 166 g/mol. The van der Waals surface area contributed by atoms with E-state index in [9.17, 15) is 4.21 Å². The smallest absolute Gasteiger partial charge is 0.266 e. The third-order valence-electron chi connectivity index (χ3n) is 0.542. The highest BCUT2D eigenvalue weighted by molar-refractivity contribution is 7.75. The van der Waals surface area contributed by atoms with Gasteiger partial charge in [0.1, 0.15) is 0 Å². The summed E-state index contributed by atoms with van der Waals surface area (Å²) in [5.41, 5.74) is 0. The van der Waals surface area contributed by atoms with Crippen molar-refractivity contribution in [2.75, 3.05) is 0 Å². The van der Waals surface area contributed by atoms with Gasteiger partial charge in [-0.15, -0.1) is 0 Å². The van der Waals surface area contributed by atoms with Crippen molar-refractivity contribution < 1.29 is 12.6 Å². The predicted octanol–water partition coefficient (Wildman–Crippen LogP) is 1.42. The topological polar surface area (TPSA) is 35.5 Å². The molecule has 62 valence electrons. The Kier molecular flexibility index (Phi) is 4.85. The minimum Gasteiger partial charge on any atom is -0.266 e. The Hall–Kier alpha value is 0.0700. The number of hydrogen-bond acceptors (Lipinski definition) is 3. The van der Waals surface area contributed by atoms with Crippen LogP contribution in [0.25, 0.3) is 0 Å². The summed E-state index contributed by atoms with van der Waals surface area (Å²) in [4.78, 5) is 0. The predicted molar refractivity (Wildman–Crippen MR) is 40.6 cm³/mol. The Morgan fingerprint density at radius 2 is 1.30 bits per heavy atom. The highest BCUT2D eigenvalue weighted by Gasteiger charge is 2.05. The molecule has 0 spiro atoms. The van der Waals surface area contributed by atoms with E-state index in [-0.39, 0.29) is 12.2 Å². The van der Waals surface area contributed by atoms with Crippen LogP contribution in [0.2, 0.25) is 0 Å². The van der Waals surface area contributed by atoms with Gasteiger partial charge in [0.05, 0.1) is 12.2 Å². The summed E-state index contributed by atoms with van der Waals surface area (Å²) in [6, 6.07) is 0. The van der Waals surface area contributed by atoms with Crippen LogP contribution in [-0.2, 0) is 19.7 Å². The molecule has 0 heterocycles. The molecule has 0 aliphatic rings. The summed E-state index contributed by atoms with van der Waals surface area (Å²) in [6.45, 7) is 7.23. The maximum absolute atomic E-state index is 10.7. The molecular weight excluding hydrogens is 152 g/mol. The van der Waals surface area contributed by atoms with Crippen LogP contribution in [0, 0.1) is 0 Å². The van der Waals surface area contributed by atoms with E-state index in [0.29, 0.717) is 0 Å². The summed E-state index contributed by atoms with van der Waals surface area (Å²) < 4.78 is 20.4. The third kappa shape index (κ3) is 6.19. The zero-order chi connectivity index (χ0) is 8.15. The zero-order valence-electron chi connectivity index (χ0n) is 6.79. The monoisotopic (exact) mass is 166 g/mol. The molecule has 4 heteroatoms. The molecule has 0 amide bonds. The molecule has 0 aromatic carbocycles. The molecule has 10 heavy (non-hydrogen) atoms. The van der Waals surface area contributed by atoms with Gasteiger partial charge in [0.15, 0.2) is 0 Å². The maximum atomic E-state index is 10.7. The van der Waals surface area contributed by atoms with Crippen molar-refractivity contribution >= 4 is 11.4 Å².